The predicted molar refractivity (Wildman–Crippen MR) is 61.1 cm³/mol. The average molecular weight is 240 g/mol. The van der Waals surface area contributed by atoms with Crippen molar-refractivity contribution in [3.63, 3.8) is 0 Å². The van der Waals surface area contributed by atoms with Gasteiger partial charge in [0.2, 0.25) is 0 Å². The summed E-state index contributed by atoms with van der Waals surface area (Å²) in [6.45, 7) is 4.28. The minimum absolute atomic E-state index is 0.232. The third kappa shape index (κ3) is 2.03. The molecular weight excluding hydrogens is 220 g/mol. The van der Waals surface area contributed by atoms with E-state index >= 15 is 0 Å². The minimum atomic E-state index is -0.779. The van der Waals surface area contributed by atoms with Crippen LogP contribution in [0.1, 0.15) is 19.8 Å². The lowest BCUT2D eigenvalue weighted by Gasteiger charge is -2.44. The second-order valence-corrected chi connectivity index (χ2v) is 5.35. The molecule has 2 fully saturated rings. The summed E-state index contributed by atoms with van der Waals surface area (Å²) in [5, 5.41) is 9.32. The van der Waals surface area contributed by atoms with Crippen molar-refractivity contribution in [2.75, 3.05) is 26.4 Å². The standard InChI is InChI=1S/C13H20O4/c1-9-4-10(7-14)5-11-6-13(15-2-3-16-13)17-8-12(9)11/h4,10-12,14H,2-3,5-8H2,1H3/t10-,11+,12-/m1/s1. The van der Waals surface area contributed by atoms with Crippen LogP contribution in [-0.2, 0) is 14.2 Å². The summed E-state index contributed by atoms with van der Waals surface area (Å²) in [5.41, 5.74) is 1.34. The van der Waals surface area contributed by atoms with Crippen LogP contribution in [0.5, 0.6) is 0 Å². The van der Waals surface area contributed by atoms with E-state index in [2.05, 4.69) is 13.0 Å². The largest absolute Gasteiger partial charge is 0.396 e. The zero-order valence-electron chi connectivity index (χ0n) is 10.2. The molecule has 2 aliphatic heterocycles. The molecule has 3 atom stereocenters. The zero-order valence-corrected chi connectivity index (χ0v) is 10.2. The fourth-order valence-electron chi connectivity index (χ4n) is 3.34. The maximum absolute atomic E-state index is 9.32. The molecule has 0 aromatic rings. The van der Waals surface area contributed by atoms with Gasteiger partial charge in [0.05, 0.1) is 19.8 Å². The molecule has 0 bridgehead atoms. The normalized spacial score (nSPS) is 40.1. The van der Waals surface area contributed by atoms with Crippen LogP contribution >= 0.6 is 0 Å². The van der Waals surface area contributed by atoms with Gasteiger partial charge in [0, 0.05) is 24.9 Å². The molecule has 2 heterocycles. The Kier molecular flexibility index (Phi) is 2.99. The second-order valence-electron chi connectivity index (χ2n) is 5.35. The Bertz CT molecular complexity index is 319. The molecule has 0 radical (unpaired) electrons. The lowest BCUT2D eigenvalue weighted by Crippen LogP contribution is -2.47. The SMILES string of the molecule is CC1=C[C@@H](CO)C[C@H]2CC3(OCCO3)OC[C@H]12. The summed E-state index contributed by atoms with van der Waals surface area (Å²) >= 11 is 0. The van der Waals surface area contributed by atoms with E-state index in [0.717, 1.165) is 12.8 Å². The van der Waals surface area contributed by atoms with Crippen LogP contribution in [0.2, 0.25) is 0 Å². The van der Waals surface area contributed by atoms with Gasteiger partial charge in [0.1, 0.15) is 0 Å². The fraction of sp³-hybridized carbons (Fsp3) is 0.846. The molecule has 1 spiro atoms. The molecule has 0 saturated carbocycles. The lowest BCUT2D eigenvalue weighted by molar-refractivity contribution is -0.360. The van der Waals surface area contributed by atoms with Gasteiger partial charge in [-0.3, -0.25) is 0 Å². The van der Waals surface area contributed by atoms with Gasteiger partial charge < -0.3 is 19.3 Å². The first kappa shape index (κ1) is 11.7. The highest BCUT2D eigenvalue weighted by Gasteiger charge is 2.48. The third-order valence-electron chi connectivity index (χ3n) is 4.21. The number of aliphatic hydroxyl groups is 1. The molecule has 1 aliphatic carbocycles. The van der Waals surface area contributed by atoms with Crippen LogP contribution in [0, 0.1) is 17.8 Å². The first-order chi connectivity index (χ1) is 8.22. The van der Waals surface area contributed by atoms with Gasteiger partial charge in [-0.1, -0.05) is 11.6 Å². The van der Waals surface area contributed by atoms with Crippen molar-refractivity contribution in [1.82, 2.24) is 0 Å². The third-order valence-corrected chi connectivity index (χ3v) is 4.21. The molecule has 0 aromatic carbocycles. The quantitative estimate of drug-likeness (QED) is 0.702. The summed E-state index contributed by atoms with van der Waals surface area (Å²) in [7, 11) is 0. The monoisotopic (exact) mass is 240 g/mol. The molecule has 2 saturated heterocycles. The molecule has 17 heavy (non-hydrogen) atoms. The van der Waals surface area contributed by atoms with E-state index in [1.54, 1.807) is 0 Å². The van der Waals surface area contributed by atoms with Crippen molar-refractivity contribution in [3.05, 3.63) is 11.6 Å². The van der Waals surface area contributed by atoms with Gasteiger partial charge in [0.25, 0.3) is 5.97 Å². The van der Waals surface area contributed by atoms with E-state index in [1.807, 2.05) is 0 Å². The van der Waals surface area contributed by atoms with Crippen molar-refractivity contribution in [1.29, 1.82) is 0 Å². The van der Waals surface area contributed by atoms with Crippen LogP contribution < -0.4 is 0 Å². The number of aliphatic hydroxyl groups excluding tert-OH is 1. The molecule has 96 valence electrons. The van der Waals surface area contributed by atoms with Crippen LogP contribution in [-0.4, -0.2) is 37.5 Å². The van der Waals surface area contributed by atoms with E-state index in [1.165, 1.54) is 5.57 Å². The number of hydrogen-bond acceptors (Lipinski definition) is 4. The molecule has 4 heteroatoms. The van der Waals surface area contributed by atoms with Gasteiger partial charge in [-0.2, -0.15) is 0 Å². The zero-order chi connectivity index (χ0) is 11.9. The Morgan fingerprint density at radius 2 is 2.12 bits per heavy atom. The highest BCUT2D eigenvalue weighted by atomic mass is 16.9. The molecule has 0 amide bonds. The number of rotatable bonds is 1. The fourth-order valence-corrected chi connectivity index (χ4v) is 3.34. The second kappa shape index (κ2) is 4.35. The number of hydrogen-bond donors (Lipinski definition) is 1. The molecule has 1 N–H and O–H groups in total. The van der Waals surface area contributed by atoms with E-state index in [-0.39, 0.29) is 12.5 Å². The molecule has 3 rings (SSSR count). The minimum Gasteiger partial charge on any atom is -0.396 e. The van der Waals surface area contributed by atoms with Gasteiger partial charge in [0.15, 0.2) is 0 Å². The smallest absolute Gasteiger partial charge is 0.283 e. The van der Waals surface area contributed by atoms with Gasteiger partial charge in [-0.25, -0.2) is 0 Å². The van der Waals surface area contributed by atoms with Crippen molar-refractivity contribution >= 4 is 0 Å². The predicted octanol–water partition coefficient (Wildman–Crippen LogP) is 1.30. The Morgan fingerprint density at radius 3 is 2.82 bits per heavy atom. The molecule has 0 unspecified atom stereocenters. The van der Waals surface area contributed by atoms with Crippen molar-refractivity contribution in [2.24, 2.45) is 17.8 Å². The van der Waals surface area contributed by atoms with E-state index in [9.17, 15) is 5.11 Å². The number of ether oxygens (including phenoxy) is 3. The maximum Gasteiger partial charge on any atom is 0.283 e. The molecule has 0 aromatic heterocycles. The van der Waals surface area contributed by atoms with Gasteiger partial charge >= 0.3 is 0 Å². The Hall–Kier alpha value is -0.420. The Balaban J connectivity index is 1.76. The summed E-state index contributed by atoms with van der Waals surface area (Å²) in [5.74, 6) is 0.478. The highest BCUT2D eigenvalue weighted by molar-refractivity contribution is 5.13. The molecule has 4 nitrogen and oxygen atoms in total. The summed E-state index contributed by atoms with van der Waals surface area (Å²) in [6.07, 6.45) is 3.99. The summed E-state index contributed by atoms with van der Waals surface area (Å²) < 4.78 is 17.0. The lowest BCUT2D eigenvalue weighted by atomic mass is 9.72. The summed E-state index contributed by atoms with van der Waals surface area (Å²) in [4.78, 5) is 0. The van der Waals surface area contributed by atoms with Crippen LogP contribution in [0.3, 0.4) is 0 Å². The Labute approximate surface area is 102 Å². The first-order valence-electron chi connectivity index (χ1n) is 6.43. The van der Waals surface area contributed by atoms with Crippen LogP contribution in [0.15, 0.2) is 11.6 Å². The van der Waals surface area contributed by atoms with E-state index in [0.29, 0.717) is 31.7 Å². The van der Waals surface area contributed by atoms with Gasteiger partial charge in [-0.15, -0.1) is 0 Å². The molecular formula is C13H20O4. The highest BCUT2D eigenvalue weighted by Crippen LogP contribution is 2.45. The topological polar surface area (TPSA) is 47.9 Å². The molecule has 3 aliphatic rings. The van der Waals surface area contributed by atoms with Crippen LogP contribution in [0.25, 0.3) is 0 Å². The van der Waals surface area contributed by atoms with Crippen LogP contribution in [0.4, 0.5) is 0 Å². The van der Waals surface area contributed by atoms with Crippen molar-refractivity contribution in [3.8, 4) is 0 Å². The first-order valence-corrected chi connectivity index (χ1v) is 6.43. The summed E-state index contributed by atoms with van der Waals surface area (Å²) in [6, 6.07) is 0. The maximum atomic E-state index is 9.32. The van der Waals surface area contributed by atoms with Crippen molar-refractivity contribution < 1.29 is 19.3 Å². The number of fused-ring (bicyclic) bond motifs is 1. The van der Waals surface area contributed by atoms with Crippen molar-refractivity contribution in [2.45, 2.75) is 25.7 Å². The van der Waals surface area contributed by atoms with Gasteiger partial charge in [-0.05, 0) is 19.3 Å². The van der Waals surface area contributed by atoms with E-state index < -0.39 is 5.97 Å². The average Bonchev–Trinajstić information content (AvgIpc) is 2.76. The van der Waals surface area contributed by atoms with E-state index in [4.69, 9.17) is 14.2 Å². The Morgan fingerprint density at radius 1 is 1.35 bits per heavy atom.